The lowest BCUT2D eigenvalue weighted by molar-refractivity contribution is 0.319. The van der Waals surface area contributed by atoms with Crippen molar-refractivity contribution in [2.75, 3.05) is 25.5 Å². The van der Waals surface area contributed by atoms with Gasteiger partial charge in [0, 0.05) is 6.07 Å². The smallest absolute Gasteiger partial charge is 0.265 e. The third-order valence-corrected chi connectivity index (χ3v) is 4.64. The second-order valence-corrected chi connectivity index (χ2v) is 6.62. The zero-order valence-electron chi connectivity index (χ0n) is 13.9. The minimum absolute atomic E-state index is 0.00496. The summed E-state index contributed by atoms with van der Waals surface area (Å²) in [6, 6.07) is 11.5. The van der Waals surface area contributed by atoms with Gasteiger partial charge < -0.3 is 14.2 Å². The molecule has 6 nitrogen and oxygen atoms in total. The van der Waals surface area contributed by atoms with Gasteiger partial charge in [-0.05, 0) is 30.7 Å². The Morgan fingerprint density at radius 1 is 1.00 bits per heavy atom. The van der Waals surface area contributed by atoms with Crippen LogP contribution in [-0.4, -0.2) is 29.2 Å². The van der Waals surface area contributed by atoms with Gasteiger partial charge >= 0.3 is 0 Å². The van der Waals surface area contributed by atoms with Crippen molar-refractivity contribution in [1.82, 2.24) is 0 Å². The molecule has 2 aromatic carbocycles. The standard InChI is InChI=1S/C17H21NO5S/c1-4-11-23-15-8-6-5-7-14(15)18-24(19,20)17-12-13(21-2)9-10-16(17)22-3/h5-10,12,18H,4,11H2,1-3H3. The molecule has 0 saturated carbocycles. The molecular formula is C17H21NO5S. The molecule has 0 heterocycles. The Balaban J connectivity index is 2.39. The Hall–Kier alpha value is -2.41. The molecule has 24 heavy (non-hydrogen) atoms. The van der Waals surface area contributed by atoms with Gasteiger partial charge in [0.05, 0.1) is 26.5 Å². The second kappa shape index (κ2) is 7.92. The number of rotatable bonds is 8. The van der Waals surface area contributed by atoms with Crippen LogP contribution in [0, 0.1) is 0 Å². The summed E-state index contributed by atoms with van der Waals surface area (Å²) in [5.74, 6) is 1.13. The summed E-state index contributed by atoms with van der Waals surface area (Å²) >= 11 is 0. The van der Waals surface area contributed by atoms with E-state index in [2.05, 4.69) is 4.72 Å². The fourth-order valence-corrected chi connectivity index (χ4v) is 3.34. The van der Waals surface area contributed by atoms with Crippen molar-refractivity contribution in [2.24, 2.45) is 0 Å². The molecule has 0 unspecified atom stereocenters. The summed E-state index contributed by atoms with van der Waals surface area (Å²) in [6.07, 6.45) is 0.824. The van der Waals surface area contributed by atoms with Crippen molar-refractivity contribution in [1.29, 1.82) is 0 Å². The zero-order valence-corrected chi connectivity index (χ0v) is 14.7. The van der Waals surface area contributed by atoms with Crippen LogP contribution in [0.25, 0.3) is 0 Å². The molecule has 0 atom stereocenters. The van der Waals surface area contributed by atoms with Gasteiger partial charge in [0.1, 0.15) is 22.1 Å². The van der Waals surface area contributed by atoms with E-state index in [1.165, 1.54) is 20.3 Å². The number of sulfonamides is 1. The quantitative estimate of drug-likeness (QED) is 0.790. The third kappa shape index (κ3) is 4.11. The first-order chi connectivity index (χ1) is 11.5. The summed E-state index contributed by atoms with van der Waals surface area (Å²) in [5, 5.41) is 0. The number of nitrogens with one attached hydrogen (secondary N) is 1. The highest BCUT2D eigenvalue weighted by Crippen LogP contribution is 2.32. The summed E-state index contributed by atoms with van der Waals surface area (Å²) in [5.41, 5.74) is 0.371. The first-order valence-corrected chi connectivity index (χ1v) is 8.96. The van der Waals surface area contributed by atoms with E-state index < -0.39 is 10.0 Å². The first kappa shape index (κ1) is 17.9. The van der Waals surface area contributed by atoms with E-state index in [-0.39, 0.29) is 10.6 Å². The molecule has 0 aliphatic carbocycles. The number of hydrogen-bond acceptors (Lipinski definition) is 5. The van der Waals surface area contributed by atoms with E-state index in [4.69, 9.17) is 14.2 Å². The Kier molecular flexibility index (Phi) is 5.92. The van der Waals surface area contributed by atoms with Crippen LogP contribution in [0.5, 0.6) is 17.2 Å². The summed E-state index contributed by atoms with van der Waals surface area (Å²) in [4.78, 5) is -0.00496. The first-order valence-electron chi connectivity index (χ1n) is 7.48. The molecule has 0 saturated heterocycles. The monoisotopic (exact) mass is 351 g/mol. The molecule has 0 radical (unpaired) electrons. The van der Waals surface area contributed by atoms with Crippen LogP contribution in [-0.2, 0) is 10.0 Å². The van der Waals surface area contributed by atoms with Gasteiger partial charge in [0.15, 0.2) is 0 Å². The SMILES string of the molecule is CCCOc1ccccc1NS(=O)(=O)c1cc(OC)ccc1OC. The van der Waals surface area contributed by atoms with Gasteiger partial charge in [-0.1, -0.05) is 19.1 Å². The molecule has 2 aromatic rings. The Labute approximate surface area is 142 Å². The molecule has 0 amide bonds. The van der Waals surface area contributed by atoms with Gasteiger partial charge in [-0.15, -0.1) is 0 Å². The summed E-state index contributed by atoms with van der Waals surface area (Å²) in [7, 11) is -0.984. The minimum atomic E-state index is -3.87. The molecule has 0 spiro atoms. The van der Waals surface area contributed by atoms with Gasteiger partial charge in [-0.25, -0.2) is 8.42 Å². The molecule has 7 heteroatoms. The van der Waals surface area contributed by atoms with Crippen molar-refractivity contribution in [3.63, 3.8) is 0 Å². The molecule has 0 fully saturated rings. The highest BCUT2D eigenvalue weighted by atomic mass is 32.2. The molecular weight excluding hydrogens is 330 g/mol. The maximum absolute atomic E-state index is 12.8. The van der Waals surface area contributed by atoms with E-state index in [9.17, 15) is 8.42 Å². The largest absolute Gasteiger partial charge is 0.497 e. The van der Waals surface area contributed by atoms with Gasteiger partial charge in [-0.3, -0.25) is 4.72 Å². The number of anilines is 1. The lowest BCUT2D eigenvalue weighted by Gasteiger charge is -2.15. The molecule has 0 aliphatic rings. The number of methoxy groups -OCH3 is 2. The maximum atomic E-state index is 12.8. The van der Waals surface area contributed by atoms with Crippen LogP contribution in [0.1, 0.15) is 13.3 Å². The van der Waals surface area contributed by atoms with E-state index in [0.717, 1.165) is 6.42 Å². The third-order valence-electron chi connectivity index (χ3n) is 3.25. The van der Waals surface area contributed by atoms with Crippen molar-refractivity contribution >= 4 is 15.7 Å². The van der Waals surface area contributed by atoms with Crippen molar-refractivity contribution < 1.29 is 22.6 Å². The number of para-hydroxylation sites is 2. The van der Waals surface area contributed by atoms with Crippen molar-refractivity contribution in [3.8, 4) is 17.2 Å². The van der Waals surface area contributed by atoms with E-state index in [1.807, 2.05) is 6.92 Å². The lowest BCUT2D eigenvalue weighted by Crippen LogP contribution is -2.15. The van der Waals surface area contributed by atoms with Gasteiger partial charge in [0.2, 0.25) is 0 Å². The Bertz CT molecular complexity index is 789. The lowest BCUT2D eigenvalue weighted by atomic mass is 10.3. The van der Waals surface area contributed by atoms with Crippen LogP contribution in [0.4, 0.5) is 5.69 Å². The number of ether oxygens (including phenoxy) is 3. The molecule has 2 rings (SSSR count). The molecule has 0 bridgehead atoms. The number of hydrogen-bond donors (Lipinski definition) is 1. The summed E-state index contributed by atoms with van der Waals surface area (Å²) < 4.78 is 43.9. The van der Waals surface area contributed by atoms with Crippen LogP contribution in [0.3, 0.4) is 0 Å². The molecule has 0 aromatic heterocycles. The van der Waals surface area contributed by atoms with Crippen molar-refractivity contribution in [2.45, 2.75) is 18.2 Å². The highest BCUT2D eigenvalue weighted by molar-refractivity contribution is 7.92. The van der Waals surface area contributed by atoms with Gasteiger partial charge in [0.25, 0.3) is 10.0 Å². The average molecular weight is 351 g/mol. The van der Waals surface area contributed by atoms with Gasteiger partial charge in [-0.2, -0.15) is 0 Å². The predicted octanol–water partition coefficient (Wildman–Crippen LogP) is 3.29. The van der Waals surface area contributed by atoms with E-state index in [0.29, 0.717) is 23.8 Å². The van der Waals surface area contributed by atoms with E-state index in [1.54, 1.807) is 36.4 Å². The Morgan fingerprint density at radius 3 is 2.42 bits per heavy atom. The second-order valence-electron chi connectivity index (χ2n) is 4.97. The fraction of sp³-hybridized carbons (Fsp3) is 0.294. The van der Waals surface area contributed by atoms with Crippen molar-refractivity contribution in [3.05, 3.63) is 42.5 Å². The zero-order chi connectivity index (χ0) is 17.6. The normalized spacial score (nSPS) is 11.0. The predicted molar refractivity (Wildman–Crippen MR) is 92.6 cm³/mol. The van der Waals surface area contributed by atoms with E-state index >= 15 is 0 Å². The number of benzene rings is 2. The van der Waals surface area contributed by atoms with Crippen LogP contribution in [0.15, 0.2) is 47.4 Å². The topological polar surface area (TPSA) is 73.9 Å². The van der Waals surface area contributed by atoms with Crippen LogP contribution in [0.2, 0.25) is 0 Å². The minimum Gasteiger partial charge on any atom is -0.497 e. The van der Waals surface area contributed by atoms with Crippen LogP contribution >= 0.6 is 0 Å². The average Bonchev–Trinajstić information content (AvgIpc) is 2.60. The molecule has 0 aliphatic heterocycles. The Morgan fingerprint density at radius 2 is 1.75 bits per heavy atom. The van der Waals surface area contributed by atoms with Crippen LogP contribution < -0.4 is 18.9 Å². The maximum Gasteiger partial charge on any atom is 0.265 e. The molecule has 130 valence electrons. The fourth-order valence-electron chi connectivity index (χ4n) is 2.08. The highest BCUT2D eigenvalue weighted by Gasteiger charge is 2.22. The summed E-state index contributed by atoms with van der Waals surface area (Å²) in [6.45, 7) is 2.48. The molecule has 1 N–H and O–H groups in total.